The zero-order valence-electron chi connectivity index (χ0n) is 10.7. The van der Waals surface area contributed by atoms with Gasteiger partial charge in [0, 0.05) is 16.5 Å². The average Bonchev–Trinajstić information content (AvgIpc) is 2.41. The topological polar surface area (TPSA) is 24.9 Å². The molecule has 0 unspecified atom stereocenters. The summed E-state index contributed by atoms with van der Waals surface area (Å²) in [6, 6.07) is 1.04. The van der Waals surface area contributed by atoms with Gasteiger partial charge in [0.05, 0.1) is 11.1 Å². The van der Waals surface area contributed by atoms with Gasteiger partial charge in [-0.15, -0.1) is 11.6 Å². The lowest BCUT2D eigenvalue weighted by molar-refractivity contribution is -0.137. The maximum absolute atomic E-state index is 13.1. The summed E-state index contributed by atoms with van der Waals surface area (Å²) < 4.78 is 39.5. The van der Waals surface area contributed by atoms with Crippen molar-refractivity contribution < 1.29 is 13.2 Å². The number of rotatable bonds is 3. The molecule has 0 bridgehead atoms. The second-order valence-electron chi connectivity index (χ2n) is 5.15. The van der Waals surface area contributed by atoms with E-state index < -0.39 is 17.3 Å². The predicted molar refractivity (Wildman–Crippen MR) is 77.1 cm³/mol. The SMILES string of the molecule is FC(F)(F)c1cc(Br)cnc1NC1(CCl)CCCCC1. The van der Waals surface area contributed by atoms with E-state index in [0.717, 1.165) is 38.2 Å². The summed E-state index contributed by atoms with van der Waals surface area (Å²) in [7, 11) is 0. The molecule has 1 aromatic rings. The summed E-state index contributed by atoms with van der Waals surface area (Å²) in [5.41, 5.74) is -1.25. The monoisotopic (exact) mass is 370 g/mol. The van der Waals surface area contributed by atoms with Crippen LogP contribution < -0.4 is 5.32 Å². The van der Waals surface area contributed by atoms with Crippen LogP contribution in [0.4, 0.5) is 19.0 Å². The number of anilines is 1. The van der Waals surface area contributed by atoms with Gasteiger partial charge in [-0.3, -0.25) is 0 Å². The first-order valence-electron chi connectivity index (χ1n) is 6.43. The molecule has 1 aliphatic carbocycles. The van der Waals surface area contributed by atoms with Crippen LogP contribution in [-0.2, 0) is 6.18 Å². The Kier molecular flexibility index (Phi) is 4.84. The van der Waals surface area contributed by atoms with Gasteiger partial charge in [0.25, 0.3) is 0 Å². The van der Waals surface area contributed by atoms with Crippen LogP contribution in [0.1, 0.15) is 37.7 Å². The lowest BCUT2D eigenvalue weighted by atomic mass is 9.83. The van der Waals surface area contributed by atoms with Gasteiger partial charge in [-0.2, -0.15) is 13.2 Å². The molecule has 1 fully saturated rings. The van der Waals surface area contributed by atoms with Crippen LogP contribution in [0.2, 0.25) is 0 Å². The summed E-state index contributed by atoms with van der Waals surface area (Å²) in [5.74, 6) is 0.144. The van der Waals surface area contributed by atoms with Crippen molar-refractivity contribution in [2.45, 2.75) is 43.8 Å². The Labute approximate surface area is 129 Å². The minimum absolute atomic E-state index is 0.136. The van der Waals surface area contributed by atoms with E-state index in [0.29, 0.717) is 4.47 Å². The van der Waals surface area contributed by atoms with E-state index in [1.54, 1.807) is 0 Å². The van der Waals surface area contributed by atoms with Gasteiger partial charge in [0.2, 0.25) is 0 Å². The van der Waals surface area contributed by atoms with E-state index in [1.165, 1.54) is 6.20 Å². The van der Waals surface area contributed by atoms with Gasteiger partial charge in [0.1, 0.15) is 5.82 Å². The Morgan fingerprint density at radius 3 is 2.50 bits per heavy atom. The van der Waals surface area contributed by atoms with E-state index in [9.17, 15) is 13.2 Å². The fourth-order valence-electron chi connectivity index (χ4n) is 2.53. The fourth-order valence-corrected chi connectivity index (χ4v) is 3.19. The number of pyridine rings is 1. The van der Waals surface area contributed by atoms with Crippen molar-refractivity contribution in [3.8, 4) is 0 Å². The molecule has 0 amide bonds. The first-order chi connectivity index (χ1) is 9.36. The molecule has 20 heavy (non-hydrogen) atoms. The molecule has 0 radical (unpaired) electrons. The minimum atomic E-state index is -4.44. The van der Waals surface area contributed by atoms with Crippen molar-refractivity contribution in [3.63, 3.8) is 0 Å². The molecule has 0 spiro atoms. The second kappa shape index (κ2) is 6.10. The van der Waals surface area contributed by atoms with E-state index in [4.69, 9.17) is 11.6 Å². The molecule has 2 nitrogen and oxygen atoms in total. The lowest BCUT2D eigenvalue weighted by Crippen LogP contribution is -2.43. The summed E-state index contributed by atoms with van der Waals surface area (Å²) in [4.78, 5) is 3.90. The molecule has 1 aliphatic rings. The first kappa shape index (κ1) is 15.9. The smallest absolute Gasteiger partial charge is 0.363 e. The summed E-state index contributed by atoms with van der Waals surface area (Å²) in [5, 5.41) is 2.96. The van der Waals surface area contributed by atoms with E-state index in [1.807, 2.05) is 0 Å². The number of alkyl halides is 4. The van der Waals surface area contributed by atoms with Crippen LogP contribution in [0.3, 0.4) is 0 Å². The molecule has 1 saturated carbocycles. The maximum Gasteiger partial charge on any atom is 0.419 e. The highest BCUT2D eigenvalue weighted by molar-refractivity contribution is 9.10. The molecule has 7 heteroatoms. The van der Waals surface area contributed by atoms with Gasteiger partial charge < -0.3 is 5.32 Å². The second-order valence-corrected chi connectivity index (χ2v) is 6.33. The third kappa shape index (κ3) is 3.58. The van der Waals surface area contributed by atoms with Crippen LogP contribution in [0.5, 0.6) is 0 Å². The number of nitrogens with one attached hydrogen (secondary N) is 1. The average molecular weight is 372 g/mol. The molecule has 0 aliphatic heterocycles. The van der Waals surface area contributed by atoms with Gasteiger partial charge in [-0.1, -0.05) is 19.3 Å². The predicted octanol–water partition coefficient (Wildman–Crippen LogP) is 5.22. The minimum Gasteiger partial charge on any atom is -0.363 e. The lowest BCUT2D eigenvalue weighted by Gasteiger charge is -2.37. The molecule has 1 aromatic heterocycles. The summed E-state index contributed by atoms with van der Waals surface area (Å²) in [6.07, 6.45) is 1.50. The van der Waals surface area contributed by atoms with Crippen molar-refractivity contribution >= 4 is 33.3 Å². The fraction of sp³-hybridized carbons (Fsp3) is 0.615. The number of hydrogen-bond donors (Lipinski definition) is 1. The van der Waals surface area contributed by atoms with Crippen molar-refractivity contribution in [2.75, 3.05) is 11.2 Å². The third-order valence-electron chi connectivity index (χ3n) is 3.61. The highest BCUT2D eigenvalue weighted by Crippen LogP contribution is 2.39. The Balaban J connectivity index is 2.32. The van der Waals surface area contributed by atoms with Crippen molar-refractivity contribution in [1.82, 2.24) is 4.98 Å². The van der Waals surface area contributed by atoms with E-state index >= 15 is 0 Å². The molecule has 112 valence electrons. The molecule has 2 rings (SSSR count). The van der Waals surface area contributed by atoms with Crippen molar-refractivity contribution in [3.05, 3.63) is 22.3 Å². The van der Waals surface area contributed by atoms with Crippen LogP contribution in [0, 0.1) is 0 Å². The maximum atomic E-state index is 13.1. The van der Waals surface area contributed by atoms with Crippen LogP contribution in [0.25, 0.3) is 0 Å². The first-order valence-corrected chi connectivity index (χ1v) is 7.76. The Morgan fingerprint density at radius 2 is 1.95 bits per heavy atom. The number of halogens is 5. The van der Waals surface area contributed by atoms with E-state index in [-0.39, 0.29) is 11.7 Å². The van der Waals surface area contributed by atoms with Gasteiger partial charge >= 0.3 is 6.18 Å². The zero-order chi connectivity index (χ0) is 14.8. The Hall–Kier alpha value is -0.490. The third-order valence-corrected chi connectivity index (χ3v) is 4.56. The number of nitrogens with zero attached hydrogens (tertiary/aromatic N) is 1. The van der Waals surface area contributed by atoms with Crippen molar-refractivity contribution in [2.24, 2.45) is 0 Å². The normalized spacial score (nSPS) is 18.9. The summed E-state index contributed by atoms with van der Waals surface area (Å²) in [6.45, 7) is 0. The molecule has 1 heterocycles. The Bertz CT molecular complexity index is 473. The van der Waals surface area contributed by atoms with Crippen molar-refractivity contribution in [1.29, 1.82) is 0 Å². The van der Waals surface area contributed by atoms with Gasteiger partial charge in [0.15, 0.2) is 0 Å². The van der Waals surface area contributed by atoms with Crippen LogP contribution in [-0.4, -0.2) is 16.4 Å². The quantitative estimate of drug-likeness (QED) is 0.737. The zero-order valence-corrected chi connectivity index (χ0v) is 13.1. The van der Waals surface area contributed by atoms with Gasteiger partial charge in [-0.25, -0.2) is 4.98 Å². The molecule has 0 aromatic carbocycles. The van der Waals surface area contributed by atoms with Crippen LogP contribution >= 0.6 is 27.5 Å². The largest absolute Gasteiger partial charge is 0.419 e. The molecular formula is C13H15BrClF3N2. The number of aromatic nitrogens is 1. The molecule has 0 atom stereocenters. The van der Waals surface area contributed by atoms with E-state index in [2.05, 4.69) is 26.2 Å². The van der Waals surface area contributed by atoms with Crippen LogP contribution in [0.15, 0.2) is 16.7 Å². The highest BCUT2D eigenvalue weighted by Gasteiger charge is 2.38. The molecule has 1 N–H and O–H groups in total. The molecule has 0 saturated heterocycles. The van der Waals surface area contributed by atoms with Gasteiger partial charge in [-0.05, 0) is 34.8 Å². The standard InChI is InChI=1S/C13H15BrClF3N2/c14-9-6-10(13(16,17)18)11(19-7-9)20-12(8-15)4-2-1-3-5-12/h6-7H,1-5,8H2,(H,19,20). The Morgan fingerprint density at radius 1 is 1.30 bits per heavy atom. The summed E-state index contributed by atoms with van der Waals surface area (Å²) >= 11 is 9.03. The highest BCUT2D eigenvalue weighted by atomic mass is 79.9. The number of hydrogen-bond acceptors (Lipinski definition) is 2. The molecular weight excluding hydrogens is 357 g/mol.